The van der Waals surface area contributed by atoms with Gasteiger partial charge in [-0.25, -0.2) is 4.98 Å². The van der Waals surface area contributed by atoms with Crippen molar-refractivity contribution < 1.29 is 46.0 Å². The van der Waals surface area contributed by atoms with Crippen LogP contribution in [0.25, 0.3) is 16.6 Å². The van der Waals surface area contributed by atoms with Gasteiger partial charge in [-0.3, -0.25) is 9.36 Å². The van der Waals surface area contributed by atoms with Crippen molar-refractivity contribution in [2.45, 2.75) is 24.4 Å². The Kier molecular flexibility index (Phi) is 7.81. The quantitative estimate of drug-likeness (QED) is 0.300. The van der Waals surface area contributed by atoms with Crippen LogP contribution in [0.2, 0.25) is 0 Å². The maximum absolute atomic E-state index is 13.7. The highest BCUT2D eigenvalue weighted by Crippen LogP contribution is 2.50. The van der Waals surface area contributed by atoms with Crippen LogP contribution in [0.1, 0.15) is 17.0 Å². The molecule has 3 aromatic carbocycles. The number of hydrogen-bond donors (Lipinski definition) is 2. The van der Waals surface area contributed by atoms with Gasteiger partial charge in [0.25, 0.3) is 11.2 Å². The van der Waals surface area contributed by atoms with Gasteiger partial charge >= 0.3 is 12.4 Å². The van der Waals surface area contributed by atoms with Crippen molar-refractivity contribution >= 4 is 10.9 Å². The lowest BCUT2D eigenvalue weighted by Gasteiger charge is -2.32. The fourth-order valence-electron chi connectivity index (χ4n) is 4.17. The summed E-state index contributed by atoms with van der Waals surface area (Å²) in [4.78, 5) is 18.3. The van der Waals surface area contributed by atoms with Gasteiger partial charge in [-0.1, -0.05) is 42.5 Å². The van der Waals surface area contributed by atoms with Gasteiger partial charge in [0.1, 0.15) is 12.4 Å². The van der Waals surface area contributed by atoms with E-state index in [1.807, 2.05) is 0 Å². The molecule has 40 heavy (non-hydrogen) atoms. The Labute approximate surface area is 222 Å². The molecule has 0 aliphatic carbocycles. The first-order chi connectivity index (χ1) is 18.8. The van der Waals surface area contributed by atoms with Crippen LogP contribution in [0.15, 0.2) is 71.5 Å². The zero-order valence-corrected chi connectivity index (χ0v) is 20.8. The molecular formula is C27H22F6N2O5. The van der Waals surface area contributed by atoms with E-state index in [1.165, 1.54) is 19.2 Å². The number of aromatic nitrogens is 2. The summed E-state index contributed by atoms with van der Waals surface area (Å²) < 4.78 is 92.0. The Bertz CT molecular complexity index is 1540. The van der Waals surface area contributed by atoms with Crippen LogP contribution in [0.5, 0.6) is 11.5 Å². The molecule has 0 spiro atoms. The van der Waals surface area contributed by atoms with Gasteiger partial charge in [0.2, 0.25) is 0 Å². The van der Waals surface area contributed by atoms with Gasteiger partial charge in [-0.15, -0.1) is 0 Å². The van der Waals surface area contributed by atoms with Crippen molar-refractivity contribution in [1.82, 2.24) is 9.55 Å². The number of ether oxygens (including phenoxy) is 2. The molecule has 0 aliphatic heterocycles. The lowest BCUT2D eigenvalue weighted by molar-refractivity contribution is -0.376. The summed E-state index contributed by atoms with van der Waals surface area (Å²) in [7, 11) is 1.36. The van der Waals surface area contributed by atoms with Crippen LogP contribution in [0.4, 0.5) is 26.3 Å². The first-order valence-corrected chi connectivity index (χ1v) is 11.7. The molecule has 0 radical (unpaired) electrons. The third kappa shape index (κ3) is 5.21. The van der Waals surface area contributed by atoms with E-state index >= 15 is 0 Å². The molecule has 0 unspecified atom stereocenters. The van der Waals surface area contributed by atoms with Crippen molar-refractivity contribution in [2.75, 3.05) is 20.3 Å². The van der Waals surface area contributed by atoms with Gasteiger partial charge in [0.05, 0.1) is 30.3 Å². The standard InChI is InChI=1S/C27H22F6N2O5/c1-39-21-15-20-19(14-22(21)40-12-11-36)24(37)35(23(34-20)13-16-5-3-2-4-6-16)18-9-7-17(8-10-18)25(38,26(28,29)30)27(31,32)33/h2-10,14-15,36,38H,11-13H2,1H3. The molecule has 0 atom stereocenters. The lowest BCUT2D eigenvalue weighted by atomic mass is 9.92. The molecule has 13 heteroatoms. The third-order valence-electron chi connectivity index (χ3n) is 6.14. The summed E-state index contributed by atoms with van der Waals surface area (Å²) in [5.41, 5.74) is -6.45. The Morgan fingerprint density at radius 2 is 1.52 bits per heavy atom. The van der Waals surface area contributed by atoms with E-state index in [-0.39, 0.29) is 53.5 Å². The average molecular weight is 568 g/mol. The minimum absolute atomic E-state index is 0.0108. The summed E-state index contributed by atoms with van der Waals surface area (Å²) in [5.74, 6) is 0.463. The summed E-state index contributed by atoms with van der Waals surface area (Å²) in [5, 5.41) is 18.9. The molecule has 212 valence electrons. The van der Waals surface area contributed by atoms with Crippen molar-refractivity contribution in [3.8, 4) is 17.2 Å². The second kappa shape index (κ2) is 10.8. The number of benzene rings is 3. The van der Waals surface area contributed by atoms with Crippen molar-refractivity contribution in [2.24, 2.45) is 0 Å². The number of rotatable bonds is 8. The van der Waals surface area contributed by atoms with E-state index in [0.29, 0.717) is 12.1 Å². The predicted octanol–water partition coefficient (Wildman–Crippen LogP) is 4.67. The molecule has 0 fully saturated rings. The first kappa shape index (κ1) is 28.9. The molecule has 7 nitrogen and oxygen atoms in total. The van der Waals surface area contributed by atoms with Gasteiger partial charge in [-0.2, -0.15) is 26.3 Å². The fourth-order valence-corrected chi connectivity index (χ4v) is 4.17. The number of hydrogen-bond acceptors (Lipinski definition) is 6. The van der Waals surface area contributed by atoms with E-state index in [4.69, 9.17) is 14.6 Å². The number of aliphatic hydroxyl groups excluding tert-OH is 1. The number of methoxy groups -OCH3 is 1. The molecule has 1 aromatic heterocycles. The molecule has 0 saturated heterocycles. The SMILES string of the molecule is COc1cc2nc(Cc3ccccc3)n(-c3ccc(C(O)(C(F)(F)F)C(F)(F)F)cc3)c(=O)c2cc1OCCO. The van der Waals surface area contributed by atoms with Crippen LogP contribution in [-0.4, -0.2) is 52.4 Å². The summed E-state index contributed by atoms with van der Waals surface area (Å²) in [6.45, 7) is -0.438. The van der Waals surface area contributed by atoms with Gasteiger partial charge in [0, 0.05) is 18.1 Å². The Hall–Kier alpha value is -4.10. The second-order valence-corrected chi connectivity index (χ2v) is 8.68. The molecule has 0 aliphatic rings. The largest absolute Gasteiger partial charge is 0.493 e. The molecule has 0 amide bonds. The normalized spacial score (nSPS) is 12.5. The zero-order chi connectivity index (χ0) is 29.3. The van der Waals surface area contributed by atoms with Crippen LogP contribution in [0.3, 0.4) is 0 Å². The topological polar surface area (TPSA) is 93.8 Å². The first-order valence-electron chi connectivity index (χ1n) is 11.7. The highest BCUT2D eigenvalue weighted by molar-refractivity contribution is 5.82. The van der Waals surface area contributed by atoms with Gasteiger partial charge < -0.3 is 19.7 Å². The van der Waals surface area contributed by atoms with Crippen LogP contribution in [0, 0.1) is 0 Å². The molecule has 4 aromatic rings. The number of aliphatic hydroxyl groups is 2. The minimum atomic E-state index is -6.06. The summed E-state index contributed by atoms with van der Waals surface area (Å²) >= 11 is 0. The molecule has 0 bridgehead atoms. The number of alkyl halides is 6. The van der Waals surface area contributed by atoms with Gasteiger partial charge in [-0.05, 0) is 23.8 Å². The number of nitrogens with zero attached hydrogens (tertiary/aromatic N) is 2. The summed E-state index contributed by atoms with van der Waals surface area (Å²) in [6.07, 6.45) is -12.0. The molecule has 2 N–H and O–H groups in total. The monoisotopic (exact) mass is 568 g/mol. The van der Waals surface area contributed by atoms with E-state index in [0.717, 1.165) is 22.3 Å². The Balaban J connectivity index is 1.94. The van der Waals surface area contributed by atoms with Crippen molar-refractivity contribution in [1.29, 1.82) is 0 Å². The molecule has 4 rings (SSSR count). The average Bonchev–Trinajstić information content (AvgIpc) is 2.91. The van der Waals surface area contributed by atoms with E-state index < -0.39 is 29.1 Å². The maximum Gasteiger partial charge on any atom is 0.430 e. The van der Waals surface area contributed by atoms with Crippen LogP contribution in [-0.2, 0) is 12.0 Å². The van der Waals surface area contributed by atoms with Crippen molar-refractivity contribution in [3.63, 3.8) is 0 Å². The molecule has 1 heterocycles. The van der Waals surface area contributed by atoms with Crippen LogP contribution < -0.4 is 15.0 Å². The van der Waals surface area contributed by atoms with Crippen molar-refractivity contribution in [3.05, 3.63) is 94.0 Å². The number of halogens is 6. The zero-order valence-electron chi connectivity index (χ0n) is 20.8. The number of fused-ring (bicyclic) bond motifs is 1. The lowest BCUT2D eigenvalue weighted by Crippen LogP contribution is -2.53. The molecule has 0 saturated carbocycles. The highest BCUT2D eigenvalue weighted by atomic mass is 19.4. The maximum atomic E-state index is 13.7. The second-order valence-electron chi connectivity index (χ2n) is 8.68. The summed E-state index contributed by atoms with van der Waals surface area (Å²) in [6, 6.07) is 14.2. The minimum Gasteiger partial charge on any atom is -0.493 e. The van der Waals surface area contributed by atoms with Crippen LogP contribution >= 0.6 is 0 Å². The third-order valence-corrected chi connectivity index (χ3v) is 6.14. The predicted molar refractivity (Wildman–Crippen MR) is 132 cm³/mol. The van der Waals surface area contributed by atoms with E-state index in [9.17, 15) is 36.2 Å². The van der Waals surface area contributed by atoms with E-state index in [2.05, 4.69) is 4.98 Å². The fraction of sp³-hybridized carbons (Fsp3) is 0.259. The van der Waals surface area contributed by atoms with Gasteiger partial charge in [0.15, 0.2) is 11.5 Å². The smallest absolute Gasteiger partial charge is 0.430 e. The Morgan fingerprint density at radius 1 is 0.900 bits per heavy atom. The van der Waals surface area contributed by atoms with E-state index in [1.54, 1.807) is 30.3 Å². The highest BCUT2D eigenvalue weighted by Gasteiger charge is 2.71. The Morgan fingerprint density at radius 3 is 2.08 bits per heavy atom. The molecular weight excluding hydrogens is 546 g/mol.